The zero-order chi connectivity index (χ0) is 22.2. The molecule has 0 radical (unpaired) electrons. The fourth-order valence-electron chi connectivity index (χ4n) is 2.80. The molecule has 0 fully saturated rings. The number of rotatable bonds is 7. The summed E-state index contributed by atoms with van der Waals surface area (Å²) in [6.07, 6.45) is 1.42. The Balaban J connectivity index is 1.76. The third-order valence-corrected chi connectivity index (χ3v) is 4.72. The number of hydrogen-bond donors (Lipinski definition) is 1. The van der Waals surface area contributed by atoms with Crippen LogP contribution in [0, 0.1) is 6.92 Å². The van der Waals surface area contributed by atoms with Crippen molar-refractivity contribution in [3.63, 3.8) is 0 Å². The Labute approximate surface area is 189 Å². The van der Waals surface area contributed by atoms with Crippen LogP contribution in [0.1, 0.15) is 38.8 Å². The lowest BCUT2D eigenvalue weighted by molar-refractivity contribution is 0.0734. The molecule has 0 atom stereocenters. The zero-order valence-electron chi connectivity index (χ0n) is 17.1. The van der Waals surface area contributed by atoms with Crippen molar-refractivity contribution in [1.29, 1.82) is 0 Å². The summed E-state index contributed by atoms with van der Waals surface area (Å²) in [4.78, 5) is 25.0. The summed E-state index contributed by atoms with van der Waals surface area (Å²) in [5.74, 6) is -0.0840. The first-order valence-electron chi connectivity index (χ1n) is 9.61. The van der Waals surface area contributed by atoms with Crippen molar-refractivity contribution in [3.8, 4) is 11.5 Å². The van der Waals surface area contributed by atoms with Crippen molar-refractivity contribution >= 4 is 34.0 Å². The number of esters is 1. The van der Waals surface area contributed by atoms with Gasteiger partial charge in [0, 0.05) is 10.0 Å². The van der Waals surface area contributed by atoms with Gasteiger partial charge < -0.3 is 9.47 Å². The average Bonchev–Trinajstić information content (AvgIpc) is 2.76. The Morgan fingerprint density at radius 2 is 1.84 bits per heavy atom. The van der Waals surface area contributed by atoms with Gasteiger partial charge in [-0.1, -0.05) is 45.8 Å². The molecule has 0 spiro atoms. The van der Waals surface area contributed by atoms with Crippen LogP contribution in [0.5, 0.6) is 11.5 Å². The third kappa shape index (κ3) is 6.02. The van der Waals surface area contributed by atoms with Crippen molar-refractivity contribution < 1.29 is 19.1 Å². The van der Waals surface area contributed by atoms with Gasteiger partial charge in [0.2, 0.25) is 0 Å². The maximum Gasteiger partial charge on any atom is 0.343 e. The zero-order valence-corrected chi connectivity index (χ0v) is 18.7. The van der Waals surface area contributed by atoms with Gasteiger partial charge in [-0.15, -0.1) is 0 Å². The summed E-state index contributed by atoms with van der Waals surface area (Å²) in [5.41, 5.74) is 4.79. The topological polar surface area (TPSA) is 77.0 Å². The molecule has 6 nitrogen and oxygen atoms in total. The van der Waals surface area contributed by atoms with Gasteiger partial charge in [-0.3, -0.25) is 4.79 Å². The highest BCUT2D eigenvalue weighted by atomic mass is 79.9. The van der Waals surface area contributed by atoms with E-state index in [-0.39, 0.29) is 0 Å². The molecule has 0 aromatic heterocycles. The number of nitrogens with one attached hydrogen (secondary N) is 1. The Kier molecular flexibility index (Phi) is 7.56. The van der Waals surface area contributed by atoms with Gasteiger partial charge in [-0.2, -0.15) is 5.10 Å². The van der Waals surface area contributed by atoms with Crippen LogP contribution >= 0.6 is 15.9 Å². The van der Waals surface area contributed by atoms with Crippen molar-refractivity contribution in [2.75, 3.05) is 6.61 Å². The van der Waals surface area contributed by atoms with Crippen LogP contribution in [-0.4, -0.2) is 24.7 Å². The minimum atomic E-state index is -0.477. The van der Waals surface area contributed by atoms with E-state index in [4.69, 9.17) is 9.47 Å². The Morgan fingerprint density at radius 3 is 2.61 bits per heavy atom. The van der Waals surface area contributed by atoms with Crippen LogP contribution < -0.4 is 14.9 Å². The van der Waals surface area contributed by atoms with Crippen molar-refractivity contribution in [3.05, 3.63) is 93.5 Å². The minimum Gasteiger partial charge on any atom is -0.493 e. The first-order chi connectivity index (χ1) is 15.0. The molecule has 0 saturated heterocycles. The van der Waals surface area contributed by atoms with E-state index in [1.165, 1.54) is 6.21 Å². The van der Waals surface area contributed by atoms with Crippen LogP contribution in [0.4, 0.5) is 0 Å². The molecule has 7 heteroatoms. The highest BCUT2D eigenvalue weighted by Crippen LogP contribution is 2.23. The maximum absolute atomic E-state index is 12.5. The molecule has 158 valence electrons. The molecule has 0 aliphatic rings. The number of hydrogen-bond acceptors (Lipinski definition) is 5. The quantitative estimate of drug-likeness (QED) is 0.220. The number of amides is 1. The number of ether oxygens (including phenoxy) is 2. The molecular formula is C24H21BrN2O4. The Morgan fingerprint density at radius 1 is 1.03 bits per heavy atom. The fourth-order valence-corrected chi connectivity index (χ4v) is 3.18. The standard InChI is InChI=1S/C24H21BrN2O4/c1-3-30-22-10-5-4-9-20(22)23(28)27-26-15-18-14-19(25)11-12-21(18)31-24(29)17-8-6-7-16(2)13-17/h4-15H,3H2,1-2H3,(H,27,28). The van der Waals surface area contributed by atoms with Gasteiger partial charge >= 0.3 is 5.97 Å². The second kappa shape index (κ2) is 10.5. The summed E-state index contributed by atoms with van der Waals surface area (Å²) in [5, 5.41) is 4.02. The normalized spacial score (nSPS) is 10.7. The average molecular weight is 481 g/mol. The predicted molar refractivity (Wildman–Crippen MR) is 123 cm³/mol. The van der Waals surface area contributed by atoms with E-state index in [0.29, 0.717) is 34.8 Å². The first-order valence-corrected chi connectivity index (χ1v) is 10.4. The summed E-state index contributed by atoms with van der Waals surface area (Å²) < 4.78 is 11.8. The Bertz CT molecular complexity index is 1130. The van der Waals surface area contributed by atoms with E-state index in [0.717, 1.165) is 10.0 Å². The van der Waals surface area contributed by atoms with Gasteiger partial charge in [0.25, 0.3) is 5.91 Å². The number of nitrogens with zero attached hydrogens (tertiary/aromatic N) is 1. The number of benzene rings is 3. The van der Waals surface area contributed by atoms with E-state index in [2.05, 4.69) is 26.5 Å². The van der Waals surface area contributed by atoms with E-state index in [1.807, 2.05) is 19.9 Å². The van der Waals surface area contributed by atoms with Gasteiger partial charge in [-0.05, 0) is 56.3 Å². The van der Waals surface area contributed by atoms with Crippen molar-refractivity contribution in [2.45, 2.75) is 13.8 Å². The lowest BCUT2D eigenvalue weighted by Gasteiger charge is -2.09. The number of carbonyl (C=O) groups is 2. The highest BCUT2D eigenvalue weighted by Gasteiger charge is 2.13. The second-order valence-corrected chi connectivity index (χ2v) is 7.49. The number of para-hydroxylation sites is 1. The molecule has 1 N–H and O–H groups in total. The van der Waals surface area contributed by atoms with Crippen LogP contribution in [0.3, 0.4) is 0 Å². The predicted octanol–water partition coefficient (Wildman–Crippen LogP) is 5.14. The van der Waals surface area contributed by atoms with Crippen molar-refractivity contribution in [1.82, 2.24) is 5.43 Å². The molecule has 0 aliphatic heterocycles. The second-order valence-electron chi connectivity index (χ2n) is 6.57. The SMILES string of the molecule is CCOc1ccccc1C(=O)NN=Cc1cc(Br)ccc1OC(=O)c1cccc(C)c1. The number of aryl methyl sites for hydroxylation is 1. The van der Waals surface area contributed by atoms with Crippen LogP contribution in [-0.2, 0) is 0 Å². The van der Waals surface area contributed by atoms with Gasteiger partial charge in [-0.25, -0.2) is 10.2 Å². The van der Waals surface area contributed by atoms with E-state index in [1.54, 1.807) is 60.7 Å². The molecular weight excluding hydrogens is 460 g/mol. The molecule has 3 aromatic carbocycles. The monoisotopic (exact) mass is 480 g/mol. The highest BCUT2D eigenvalue weighted by molar-refractivity contribution is 9.10. The smallest absolute Gasteiger partial charge is 0.343 e. The summed E-state index contributed by atoms with van der Waals surface area (Å²) in [7, 11) is 0. The minimum absolute atomic E-state index is 0.322. The van der Waals surface area contributed by atoms with Crippen LogP contribution in [0.15, 0.2) is 76.3 Å². The summed E-state index contributed by atoms with van der Waals surface area (Å²) in [6.45, 7) is 4.20. The molecule has 31 heavy (non-hydrogen) atoms. The maximum atomic E-state index is 12.5. The summed E-state index contributed by atoms with van der Waals surface area (Å²) >= 11 is 3.40. The van der Waals surface area contributed by atoms with Crippen molar-refractivity contribution in [2.24, 2.45) is 5.10 Å². The molecule has 1 amide bonds. The molecule has 0 saturated carbocycles. The molecule has 0 unspecified atom stereocenters. The van der Waals surface area contributed by atoms with E-state index >= 15 is 0 Å². The Hall–Kier alpha value is -3.45. The molecule has 3 aromatic rings. The van der Waals surface area contributed by atoms with E-state index < -0.39 is 11.9 Å². The third-order valence-electron chi connectivity index (χ3n) is 4.23. The number of carbonyl (C=O) groups excluding carboxylic acids is 2. The van der Waals surface area contributed by atoms with E-state index in [9.17, 15) is 9.59 Å². The largest absolute Gasteiger partial charge is 0.493 e. The summed E-state index contributed by atoms with van der Waals surface area (Å²) in [6, 6.07) is 19.2. The lowest BCUT2D eigenvalue weighted by atomic mass is 10.1. The number of hydrazone groups is 1. The molecule has 0 bridgehead atoms. The van der Waals surface area contributed by atoms with Crippen LogP contribution in [0.25, 0.3) is 0 Å². The molecule has 0 heterocycles. The fraction of sp³-hybridized carbons (Fsp3) is 0.125. The van der Waals surface area contributed by atoms with Crippen LogP contribution in [0.2, 0.25) is 0 Å². The lowest BCUT2D eigenvalue weighted by Crippen LogP contribution is -2.19. The molecule has 3 rings (SSSR count). The van der Waals surface area contributed by atoms with Gasteiger partial charge in [0.05, 0.1) is 23.9 Å². The first kappa shape index (κ1) is 22.2. The number of halogens is 1. The van der Waals surface area contributed by atoms with Gasteiger partial charge in [0.15, 0.2) is 0 Å². The van der Waals surface area contributed by atoms with Gasteiger partial charge in [0.1, 0.15) is 11.5 Å². The molecule has 0 aliphatic carbocycles.